The molecule has 3 aromatic heterocycles. The molecule has 0 aliphatic carbocycles. The molecule has 151 valence electrons. The molecular weight excluding hydrogens is 388 g/mol. The Morgan fingerprint density at radius 1 is 1.13 bits per heavy atom. The molecule has 30 heavy (non-hydrogen) atoms. The third-order valence-electron chi connectivity index (χ3n) is 5.27. The number of hydrogen-bond acceptors (Lipinski definition) is 2. The Bertz CT molecular complexity index is 1470. The van der Waals surface area contributed by atoms with Crippen molar-refractivity contribution in [2.24, 2.45) is 7.05 Å². The Balaban J connectivity index is 1.84. The molecule has 0 aliphatic rings. The average molecular weight is 406 g/mol. The first-order chi connectivity index (χ1) is 14.5. The number of benzene rings is 2. The van der Waals surface area contributed by atoms with E-state index in [4.69, 9.17) is 0 Å². The van der Waals surface area contributed by atoms with Gasteiger partial charge in [0, 0.05) is 35.8 Å². The van der Waals surface area contributed by atoms with Crippen LogP contribution in [0.15, 0.2) is 53.6 Å². The van der Waals surface area contributed by atoms with Crippen molar-refractivity contribution in [3.8, 4) is 17.1 Å². The number of aromatic amines is 1. The summed E-state index contributed by atoms with van der Waals surface area (Å²) in [5.41, 5.74) is 1.89. The molecule has 0 aliphatic heterocycles. The number of nitrogens with one attached hydrogen (secondary N) is 1. The topological polar surface area (TPSA) is 60.5 Å². The molecule has 8 heteroatoms. The van der Waals surface area contributed by atoms with Crippen molar-refractivity contribution >= 4 is 21.8 Å². The van der Waals surface area contributed by atoms with Crippen molar-refractivity contribution in [3.05, 3.63) is 77.5 Å². The average Bonchev–Trinajstić information content (AvgIpc) is 3.36. The largest absolute Gasteiger partial charge is 0.350 e. The molecule has 1 N–H and O–H groups in total. The lowest BCUT2D eigenvalue weighted by molar-refractivity contribution is 0.629. The second-order valence-corrected chi connectivity index (χ2v) is 7.15. The fourth-order valence-electron chi connectivity index (χ4n) is 4.01. The molecule has 0 unspecified atom stereocenters. The highest BCUT2D eigenvalue weighted by Crippen LogP contribution is 2.33. The normalized spacial score (nSPS) is 11.7. The Kier molecular flexibility index (Phi) is 4.09. The zero-order chi connectivity index (χ0) is 21.0. The molecule has 1 radical (unpaired) electrons. The van der Waals surface area contributed by atoms with Crippen molar-refractivity contribution in [2.45, 2.75) is 13.3 Å². The van der Waals surface area contributed by atoms with Crippen LogP contribution in [0.25, 0.3) is 38.9 Å². The molecule has 0 bridgehead atoms. The van der Waals surface area contributed by atoms with Gasteiger partial charge >= 0.3 is 5.69 Å². The number of H-pyrrole nitrogens is 1. The lowest BCUT2D eigenvalue weighted by Gasteiger charge is -2.04. The van der Waals surface area contributed by atoms with E-state index in [0.717, 1.165) is 11.9 Å². The Labute approximate surface area is 170 Å². The van der Waals surface area contributed by atoms with E-state index in [2.05, 4.69) is 10.2 Å². The third kappa shape index (κ3) is 2.60. The highest BCUT2D eigenvalue weighted by molar-refractivity contribution is 5.96. The van der Waals surface area contributed by atoms with Crippen LogP contribution in [-0.4, -0.2) is 23.9 Å². The molecule has 0 amide bonds. The first kappa shape index (κ1) is 18.4. The Morgan fingerprint density at radius 3 is 2.77 bits per heavy atom. The fourth-order valence-corrected chi connectivity index (χ4v) is 4.01. The van der Waals surface area contributed by atoms with Gasteiger partial charge in [-0.15, -0.1) is 0 Å². The van der Waals surface area contributed by atoms with Crippen LogP contribution >= 0.6 is 0 Å². The van der Waals surface area contributed by atoms with E-state index >= 15 is 0 Å². The van der Waals surface area contributed by atoms with Crippen molar-refractivity contribution in [3.63, 3.8) is 0 Å². The second-order valence-electron chi connectivity index (χ2n) is 7.15. The van der Waals surface area contributed by atoms with E-state index in [0.29, 0.717) is 27.5 Å². The Morgan fingerprint density at radius 2 is 1.97 bits per heavy atom. The number of fused-ring (bicyclic) bond motifs is 2. The number of aryl methyl sites for hydroxylation is 1. The number of nitrogens with zero attached hydrogens (tertiary/aromatic N) is 4. The van der Waals surface area contributed by atoms with Crippen LogP contribution in [0.5, 0.6) is 0 Å². The SMILES string of the molecule is CC[CH]n1cc(-n2c(-c3cn(C)c4cccc(F)c34)n[nH]c2=O)c2cc(F)ccc21. The van der Waals surface area contributed by atoms with Gasteiger partial charge < -0.3 is 9.13 Å². The number of rotatable bonds is 4. The zero-order valence-electron chi connectivity index (χ0n) is 16.4. The summed E-state index contributed by atoms with van der Waals surface area (Å²) in [6, 6.07) is 9.24. The van der Waals surface area contributed by atoms with Gasteiger partial charge in [0.15, 0.2) is 5.82 Å². The van der Waals surface area contributed by atoms with E-state index in [1.165, 1.54) is 22.8 Å². The monoisotopic (exact) mass is 406 g/mol. The van der Waals surface area contributed by atoms with Crippen LogP contribution in [0.3, 0.4) is 0 Å². The van der Waals surface area contributed by atoms with Crippen molar-refractivity contribution in [1.82, 2.24) is 23.9 Å². The van der Waals surface area contributed by atoms with E-state index in [9.17, 15) is 13.6 Å². The quantitative estimate of drug-likeness (QED) is 0.482. The van der Waals surface area contributed by atoms with Gasteiger partial charge in [-0.05, 0) is 36.8 Å². The van der Waals surface area contributed by atoms with E-state index in [1.54, 1.807) is 42.2 Å². The molecule has 5 rings (SSSR count). The summed E-state index contributed by atoms with van der Waals surface area (Å²) >= 11 is 0. The van der Waals surface area contributed by atoms with Gasteiger partial charge in [0.25, 0.3) is 0 Å². The van der Waals surface area contributed by atoms with Crippen LogP contribution in [0.2, 0.25) is 0 Å². The molecule has 0 saturated heterocycles. The summed E-state index contributed by atoms with van der Waals surface area (Å²) in [5, 5.41) is 7.58. The minimum absolute atomic E-state index is 0.260. The summed E-state index contributed by atoms with van der Waals surface area (Å²) in [6.45, 7) is 3.93. The maximum absolute atomic E-state index is 14.7. The highest BCUT2D eigenvalue weighted by Gasteiger charge is 2.22. The first-order valence-electron chi connectivity index (χ1n) is 9.54. The molecule has 3 heterocycles. The third-order valence-corrected chi connectivity index (χ3v) is 5.27. The smallest absolute Gasteiger partial charge is 0.348 e. The molecule has 6 nitrogen and oxygen atoms in total. The first-order valence-corrected chi connectivity index (χ1v) is 9.54. The van der Waals surface area contributed by atoms with Crippen LogP contribution in [-0.2, 0) is 7.05 Å². The van der Waals surface area contributed by atoms with E-state index in [-0.39, 0.29) is 5.82 Å². The predicted molar refractivity (Wildman–Crippen MR) is 111 cm³/mol. The van der Waals surface area contributed by atoms with Gasteiger partial charge in [0.1, 0.15) is 11.6 Å². The van der Waals surface area contributed by atoms with Crippen LogP contribution < -0.4 is 5.69 Å². The van der Waals surface area contributed by atoms with Gasteiger partial charge in [-0.3, -0.25) is 0 Å². The van der Waals surface area contributed by atoms with Crippen molar-refractivity contribution in [2.75, 3.05) is 0 Å². The predicted octanol–water partition coefficient (Wildman–Crippen LogP) is 4.37. The summed E-state index contributed by atoms with van der Waals surface area (Å²) < 4.78 is 33.8. The maximum Gasteiger partial charge on any atom is 0.348 e. The minimum atomic E-state index is -0.488. The number of halogens is 2. The summed E-state index contributed by atoms with van der Waals surface area (Å²) in [5.74, 6) is -0.555. The summed E-state index contributed by atoms with van der Waals surface area (Å²) in [4.78, 5) is 12.8. The molecule has 5 aromatic rings. The maximum atomic E-state index is 14.7. The Hall–Kier alpha value is -3.68. The van der Waals surface area contributed by atoms with E-state index in [1.807, 2.05) is 18.0 Å². The number of aromatic nitrogens is 5. The standard InChI is InChI=1S/C22H18F2N5O/c1-3-9-28-12-19(14-10-13(23)7-8-17(14)28)29-21(25-26-22(29)30)15-11-27(2)18-6-4-5-16(24)20(15)18/h4-12H,3H2,1-2H3,(H,26,30). The highest BCUT2D eigenvalue weighted by atomic mass is 19.1. The van der Waals surface area contributed by atoms with Crippen LogP contribution in [0.1, 0.15) is 13.3 Å². The molecule has 0 atom stereocenters. The number of hydrogen-bond donors (Lipinski definition) is 1. The lowest BCUT2D eigenvalue weighted by atomic mass is 10.1. The summed E-state index contributed by atoms with van der Waals surface area (Å²) in [7, 11) is 1.80. The van der Waals surface area contributed by atoms with Gasteiger partial charge in [-0.25, -0.2) is 23.2 Å². The lowest BCUT2D eigenvalue weighted by Crippen LogP contribution is -2.15. The minimum Gasteiger partial charge on any atom is -0.350 e. The van der Waals surface area contributed by atoms with Gasteiger partial charge in [0.2, 0.25) is 0 Å². The van der Waals surface area contributed by atoms with Crippen LogP contribution in [0, 0.1) is 18.2 Å². The second kappa shape index (κ2) is 6.69. The molecule has 2 aromatic carbocycles. The van der Waals surface area contributed by atoms with Gasteiger partial charge in [0.05, 0.1) is 23.3 Å². The van der Waals surface area contributed by atoms with Crippen molar-refractivity contribution in [1.29, 1.82) is 0 Å². The van der Waals surface area contributed by atoms with Gasteiger partial charge in [-0.1, -0.05) is 13.0 Å². The molecular formula is C22H18F2N5O. The molecule has 0 saturated carbocycles. The molecule has 0 spiro atoms. The fraction of sp³-hybridized carbons (Fsp3) is 0.136. The van der Waals surface area contributed by atoms with E-state index < -0.39 is 17.3 Å². The van der Waals surface area contributed by atoms with Crippen molar-refractivity contribution < 1.29 is 8.78 Å². The zero-order valence-corrected chi connectivity index (χ0v) is 16.4. The summed E-state index contributed by atoms with van der Waals surface area (Å²) in [6.07, 6.45) is 4.25. The van der Waals surface area contributed by atoms with Crippen LogP contribution in [0.4, 0.5) is 8.78 Å². The molecule has 0 fully saturated rings. The van der Waals surface area contributed by atoms with Gasteiger partial charge in [-0.2, -0.15) is 5.10 Å².